The van der Waals surface area contributed by atoms with Crippen molar-refractivity contribution in [2.24, 2.45) is 0 Å². The van der Waals surface area contributed by atoms with Crippen LogP contribution in [0.3, 0.4) is 0 Å². The molecule has 2 heterocycles. The first kappa shape index (κ1) is 22.3. The van der Waals surface area contributed by atoms with Crippen LogP contribution in [0, 0.1) is 0 Å². The maximum atomic E-state index is 13.0. The monoisotopic (exact) mass is 459 g/mol. The van der Waals surface area contributed by atoms with Crippen LogP contribution in [0.25, 0.3) is 10.9 Å². The molecular weight excluding hydrogens is 439 g/mol. The SMILES string of the molecule is O=C(CN1CCOC1=O)NCc1nc(NCc2cccc(C(F)(F)F)c2)c2ccccc2n1. The molecule has 0 spiro atoms. The number of carbonyl (C=O) groups is 2. The average Bonchev–Trinajstić information content (AvgIpc) is 3.20. The molecule has 0 atom stereocenters. The number of aromatic nitrogens is 2. The first-order valence-corrected chi connectivity index (χ1v) is 10.1. The summed E-state index contributed by atoms with van der Waals surface area (Å²) in [4.78, 5) is 33.8. The number of hydrogen-bond donors (Lipinski definition) is 2. The van der Waals surface area contributed by atoms with Crippen LogP contribution in [0.5, 0.6) is 0 Å². The van der Waals surface area contributed by atoms with Crippen molar-refractivity contribution in [3.63, 3.8) is 0 Å². The number of amides is 2. The third-order valence-corrected chi connectivity index (χ3v) is 4.99. The minimum atomic E-state index is -4.42. The second-order valence-electron chi connectivity index (χ2n) is 7.37. The van der Waals surface area contributed by atoms with Crippen molar-refractivity contribution < 1.29 is 27.5 Å². The van der Waals surface area contributed by atoms with Gasteiger partial charge in [-0.25, -0.2) is 14.8 Å². The number of rotatable bonds is 7. The number of nitrogens with one attached hydrogen (secondary N) is 2. The zero-order valence-electron chi connectivity index (χ0n) is 17.4. The summed E-state index contributed by atoms with van der Waals surface area (Å²) in [5.41, 5.74) is 0.339. The van der Waals surface area contributed by atoms with Crippen LogP contribution in [-0.2, 0) is 28.8 Å². The molecule has 0 saturated carbocycles. The highest BCUT2D eigenvalue weighted by molar-refractivity contribution is 5.89. The van der Waals surface area contributed by atoms with Crippen molar-refractivity contribution in [3.05, 3.63) is 65.5 Å². The maximum Gasteiger partial charge on any atom is 0.416 e. The van der Waals surface area contributed by atoms with Gasteiger partial charge in [0.2, 0.25) is 5.91 Å². The lowest BCUT2D eigenvalue weighted by molar-refractivity contribution is -0.137. The maximum absolute atomic E-state index is 13.0. The Morgan fingerprint density at radius 2 is 1.91 bits per heavy atom. The van der Waals surface area contributed by atoms with E-state index in [1.807, 2.05) is 0 Å². The number of para-hydroxylation sites is 1. The van der Waals surface area contributed by atoms with Crippen molar-refractivity contribution in [1.29, 1.82) is 0 Å². The van der Waals surface area contributed by atoms with E-state index in [2.05, 4.69) is 20.6 Å². The fraction of sp³-hybridized carbons (Fsp3) is 0.273. The van der Waals surface area contributed by atoms with Gasteiger partial charge in [-0.2, -0.15) is 13.2 Å². The number of nitrogens with zero attached hydrogens (tertiary/aromatic N) is 3. The Kier molecular flexibility index (Phi) is 6.29. The molecule has 2 aromatic carbocycles. The van der Waals surface area contributed by atoms with Crippen molar-refractivity contribution >= 4 is 28.7 Å². The Hall–Kier alpha value is -3.89. The van der Waals surface area contributed by atoms with Gasteiger partial charge in [0.15, 0.2) is 5.82 Å². The average molecular weight is 459 g/mol. The number of carbonyl (C=O) groups excluding carboxylic acids is 2. The van der Waals surface area contributed by atoms with Crippen molar-refractivity contribution in [1.82, 2.24) is 20.2 Å². The fourth-order valence-corrected chi connectivity index (χ4v) is 3.36. The molecule has 172 valence electrons. The van der Waals surface area contributed by atoms with Crippen LogP contribution >= 0.6 is 0 Å². The van der Waals surface area contributed by atoms with Crippen LogP contribution < -0.4 is 10.6 Å². The van der Waals surface area contributed by atoms with Crippen LogP contribution in [0.15, 0.2) is 48.5 Å². The molecule has 0 aliphatic carbocycles. The van der Waals surface area contributed by atoms with Crippen LogP contribution in [0.2, 0.25) is 0 Å². The van der Waals surface area contributed by atoms with Gasteiger partial charge < -0.3 is 15.4 Å². The molecule has 4 rings (SSSR count). The minimum Gasteiger partial charge on any atom is -0.448 e. The van der Waals surface area contributed by atoms with E-state index in [9.17, 15) is 22.8 Å². The van der Waals surface area contributed by atoms with E-state index < -0.39 is 17.8 Å². The van der Waals surface area contributed by atoms with Gasteiger partial charge in [-0.3, -0.25) is 9.69 Å². The lowest BCUT2D eigenvalue weighted by Gasteiger charge is -2.14. The number of benzene rings is 2. The Morgan fingerprint density at radius 3 is 2.67 bits per heavy atom. The highest BCUT2D eigenvalue weighted by atomic mass is 19.4. The zero-order valence-corrected chi connectivity index (χ0v) is 17.4. The quantitative estimate of drug-likeness (QED) is 0.563. The van der Waals surface area contributed by atoms with Gasteiger partial charge >= 0.3 is 12.3 Å². The van der Waals surface area contributed by atoms with Gasteiger partial charge in [0.25, 0.3) is 0 Å². The Labute approximate surface area is 186 Å². The molecule has 0 bridgehead atoms. The molecule has 0 radical (unpaired) electrons. The molecule has 11 heteroatoms. The highest BCUT2D eigenvalue weighted by Crippen LogP contribution is 2.30. The lowest BCUT2D eigenvalue weighted by Crippen LogP contribution is -2.37. The van der Waals surface area contributed by atoms with Crippen LogP contribution in [0.1, 0.15) is 17.0 Å². The summed E-state index contributed by atoms with van der Waals surface area (Å²) in [6.45, 7) is 0.606. The largest absolute Gasteiger partial charge is 0.448 e. The van der Waals surface area contributed by atoms with E-state index in [1.165, 1.54) is 11.0 Å². The number of cyclic esters (lactones) is 1. The Bertz CT molecular complexity index is 1190. The van der Waals surface area contributed by atoms with E-state index in [0.717, 1.165) is 12.1 Å². The minimum absolute atomic E-state index is 0.0186. The van der Waals surface area contributed by atoms with E-state index in [-0.39, 0.29) is 32.1 Å². The number of fused-ring (bicyclic) bond motifs is 1. The molecule has 0 unspecified atom stereocenters. The number of anilines is 1. The molecule has 1 saturated heterocycles. The standard InChI is InChI=1S/C22H20F3N5O3/c23-22(24,25)15-5-3-4-14(10-15)11-27-20-16-6-1-2-7-17(16)28-18(29-20)12-26-19(31)13-30-8-9-33-21(30)32/h1-7,10H,8-9,11-13H2,(H,26,31)(H,27,28,29). The summed E-state index contributed by atoms with van der Waals surface area (Å²) in [5.74, 6) is 0.368. The lowest BCUT2D eigenvalue weighted by atomic mass is 10.1. The van der Waals surface area contributed by atoms with Crippen molar-refractivity contribution in [3.8, 4) is 0 Å². The van der Waals surface area contributed by atoms with E-state index in [0.29, 0.717) is 34.7 Å². The molecule has 1 aliphatic rings. The number of hydrogen-bond acceptors (Lipinski definition) is 6. The zero-order chi connectivity index (χ0) is 23.4. The van der Waals surface area contributed by atoms with Gasteiger partial charge in [0.1, 0.15) is 19.0 Å². The molecule has 1 fully saturated rings. The molecule has 33 heavy (non-hydrogen) atoms. The normalized spacial score (nSPS) is 13.8. The second-order valence-corrected chi connectivity index (χ2v) is 7.37. The fourth-order valence-electron chi connectivity index (χ4n) is 3.36. The molecule has 2 N–H and O–H groups in total. The van der Waals surface area contributed by atoms with Crippen molar-refractivity contribution in [2.75, 3.05) is 25.0 Å². The van der Waals surface area contributed by atoms with E-state index >= 15 is 0 Å². The third kappa shape index (κ3) is 5.48. The Morgan fingerprint density at radius 1 is 1.09 bits per heavy atom. The smallest absolute Gasteiger partial charge is 0.416 e. The molecule has 3 aromatic rings. The van der Waals surface area contributed by atoms with Crippen LogP contribution in [0.4, 0.5) is 23.8 Å². The van der Waals surface area contributed by atoms with Crippen molar-refractivity contribution in [2.45, 2.75) is 19.3 Å². The van der Waals surface area contributed by atoms with E-state index in [4.69, 9.17) is 4.74 Å². The molecule has 1 aromatic heterocycles. The summed E-state index contributed by atoms with van der Waals surface area (Å²) in [5, 5.41) is 6.44. The van der Waals surface area contributed by atoms with Gasteiger partial charge in [-0.1, -0.05) is 24.3 Å². The van der Waals surface area contributed by atoms with Gasteiger partial charge in [0, 0.05) is 11.9 Å². The molecule has 8 nitrogen and oxygen atoms in total. The number of ether oxygens (including phenoxy) is 1. The third-order valence-electron chi connectivity index (χ3n) is 4.99. The molecule has 2 amide bonds. The summed E-state index contributed by atoms with van der Waals surface area (Å²) >= 11 is 0. The first-order valence-electron chi connectivity index (χ1n) is 10.1. The number of halogens is 3. The summed E-state index contributed by atoms with van der Waals surface area (Å²) in [7, 11) is 0. The summed E-state index contributed by atoms with van der Waals surface area (Å²) in [6, 6.07) is 12.2. The van der Waals surface area contributed by atoms with Gasteiger partial charge in [0.05, 0.1) is 24.2 Å². The highest BCUT2D eigenvalue weighted by Gasteiger charge is 2.30. The number of alkyl halides is 3. The van der Waals surface area contributed by atoms with Gasteiger partial charge in [-0.05, 0) is 29.8 Å². The molecule has 1 aliphatic heterocycles. The van der Waals surface area contributed by atoms with Crippen LogP contribution in [-0.4, -0.2) is 46.6 Å². The predicted octanol–water partition coefficient (Wildman–Crippen LogP) is 3.33. The second kappa shape index (κ2) is 9.31. The molecular formula is C22H20F3N5O3. The predicted molar refractivity (Wildman–Crippen MR) is 113 cm³/mol. The van der Waals surface area contributed by atoms with E-state index in [1.54, 1.807) is 30.3 Å². The van der Waals surface area contributed by atoms with Gasteiger partial charge in [-0.15, -0.1) is 0 Å². The Balaban J connectivity index is 1.47. The first-order chi connectivity index (χ1) is 15.8. The summed E-state index contributed by atoms with van der Waals surface area (Å²) < 4.78 is 43.8. The summed E-state index contributed by atoms with van der Waals surface area (Å²) in [6.07, 6.45) is -4.96. The topological polar surface area (TPSA) is 96.5 Å².